The van der Waals surface area contributed by atoms with Crippen LogP contribution >= 0.6 is 28.7 Å². The average molecular weight is 604 g/mol. The average Bonchev–Trinajstić information content (AvgIpc) is 3.32. The van der Waals surface area contributed by atoms with Crippen molar-refractivity contribution in [1.29, 1.82) is 0 Å². The number of anilines is 1. The topological polar surface area (TPSA) is 41.6 Å². The van der Waals surface area contributed by atoms with Gasteiger partial charge in [-0.15, -0.1) is 28.7 Å². The third-order valence-corrected chi connectivity index (χ3v) is 7.95. The maximum absolute atomic E-state index is 13.0. The van der Waals surface area contributed by atoms with Crippen molar-refractivity contribution in [3.63, 3.8) is 0 Å². The molecule has 0 fully saturated rings. The van der Waals surface area contributed by atoms with E-state index >= 15 is 0 Å². The van der Waals surface area contributed by atoms with E-state index in [2.05, 4.69) is 29.5 Å². The molecule has 4 nitrogen and oxygen atoms in total. The minimum atomic E-state index is -0.0748. The zero-order chi connectivity index (χ0) is 26.1. The monoisotopic (exact) mass is 602 g/mol. The van der Waals surface area contributed by atoms with Crippen LogP contribution in [0.4, 0.5) is 5.69 Å². The maximum Gasteiger partial charge on any atom is 0.256 e. The maximum atomic E-state index is 13.0. The van der Waals surface area contributed by atoms with Crippen LogP contribution in [0.15, 0.2) is 59.6 Å². The van der Waals surface area contributed by atoms with Crippen molar-refractivity contribution in [2.24, 2.45) is 0 Å². The minimum Gasteiger partial charge on any atom is -0.494 e. The first-order valence-electron chi connectivity index (χ1n) is 14.3. The molecule has 0 spiro atoms. The fourth-order valence-corrected chi connectivity index (χ4v) is 5.59. The van der Waals surface area contributed by atoms with Gasteiger partial charge in [-0.05, 0) is 54.6 Å². The Morgan fingerprint density at radius 1 is 0.868 bits per heavy atom. The number of allylic oxidation sites excluding steroid dienone is 1. The number of carbonyl (C=O) groups excluding carboxylic acids is 1. The van der Waals surface area contributed by atoms with Crippen LogP contribution in [0.5, 0.6) is 5.75 Å². The van der Waals surface area contributed by atoms with Crippen molar-refractivity contribution < 1.29 is 9.53 Å². The first-order valence-corrected chi connectivity index (χ1v) is 15.4. The number of nitrogens with zero attached hydrogens (tertiary/aromatic N) is 1. The summed E-state index contributed by atoms with van der Waals surface area (Å²) >= 11 is 1.79. The Hall–Kier alpha value is -1.92. The van der Waals surface area contributed by atoms with Crippen LogP contribution < -0.4 is 10.1 Å². The van der Waals surface area contributed by atoms with Gasteiger partial charge < -0.3 is 15.0 Å². The van der Waals surface area contributed by atoms with Crippen LogP contribution in [0.25, 0.3) is 0 Å². The van der Waals surface area contributed by atoms with E-state index in [0.717, 1.165) is 48.0 Å². The number of amides is 1. The highest BCUT2D eigenvalue weighted by Gasteiger charge is 2.17. The second kappa shape index (κ2) is 19.2. The molecule has 0 aliphatic carbocycles. The summed E-state index contributed by atoms with van der Waals surface area (Å²) in [5.74, 6) is 1.71. The number of hydrogen-bond acceptors (Lipinski definition) is 4. The van der Waals surface area contributed by atoms with Gasteiger partial charge in [-0.2, -0.15) is 0 Å². The normalized spacial score (nSPS) is 12.7. The predicted molar refractivity (Wildman–Crippen MR) is 169 cm³/mol. The Labute approximate surface area is 245 Å². The van der Waals surface area contributed by atoms with Gasteiger partial charge in [-0.3, -0.25) is 4.79 Å². The number of rotatable bonds is 18. The SMILES string of the molecule is Br.CCCCCCCCCCCCCCOc1ccc(NC(=O)c2ccccc2CN2CSC=C2C)cc1. The first kappa shape index (κ1) is 32.3. The number of benzene rings is 2. The Balaban J connectivity index is 0.00000507. The summed E-state index contributed by atoms with van der Waals surface area (Å²) in [4.78, 5) is 15.3. The molecule has 2 aromatic rings. The zero-order valence-electron chi connectivity index (χ0n) is 23.4. The number of unbranched alkanes of at least 4 members (excludes halogenated alkanes) is 11. The molecule has 0 saturated heterocycles. The Kier molecular flexibility index (Phi) is 16.3. The van der Waals surface area contributed by atoms with Crippen molar-refractivity contribution in [3.8, 4) is 5.75 Å². The highest BCUT2D eigenvalue weighted by Crippen LogP contribution is 2.26. The molecule has 3 rings (SSSR count). The Morgan fingerprint density at radius 2 is 1.47 bits per heavy atom. The van der Waals surface area contributed by atoms with Gasteiger partial charge in [0, 0.05) is 23.5 Å². The van der Waals surface area contributed by atoms with Gasteiger partial charge in [0.25, 0.3) is 5.91 Å². The molecule has 1 N–H and O–H groups in total. The number of nitrogens with one attached hydrogen (secondary N) is 1. The van der Waals surface area contributed by atoms with Gasteiger partial charge in [0.2, 0.25) is 0 Å². The van der Waals surface area contributed by atoms with Crippen molar-refractivity contribution in [1.82, 2.24) is 4.90 Å². The van der Waals surface area contributed by atoms with Crippen molar-refractivity contribution in [2.75, 3.05) is 17.8 Å². The van der Waals surface area contributed by atoms with E-state index < -0.39 is 0 Å². The molecule has 0 aromatic heterocycles. The van der Waals surface area contributed by atoms with Crippen LogP contribution in [0.2, 0.25) is 0 Å². The van der Waals surface area contributed by atoms with Crippen molar-refractivity contribution >= 4 is 40.3 Å². The van der Waals surface area contributed by atoms with E-state index in [4.69, 9.17) is 4.74 Å². The fourth-order valence-electron chi connectivity index (χ4n) is 4.65. The molecule has 0 atom stereocenters. The number of carbonyl (C=O) groups is 1. The third kappa shape index (κ3) is 11.9. The number of ether oxygens (including phenoxy) is 1. The second-order valence-corrected chi connectivity index (χ2v) is 11.0. The predicted octanol–water partition coefficient (Wildman–Crippen LogP) is 9.96. The highest BCUT2D eigenvalue weighted by molar-refractivity contribution is 8.93. The summed E-state index contributed by atoms with van der Waals surface area (Å²) in [5, 5.41) is 5.22. The molecule has 2 aromatic carbocycles. The molecule has 1 aliphatic heterocycles. The minimum absolute atomic E-state index is 0. The van der Waals surface area contributed by atoms with Gasteiger partial charge in [0.1, 0.15) is 5.75 Å². The molecule has 1 amide bonds. The van der Waals surface area contributed by atoms with Crippen LogP contribution in [-0.4, -0.2) is 23.3 Å². The quantitative estimate of drug-likeness (QED) is 0.172. The second-order valence-electron chi connectivity index (χ2n) is 10.1. The lowest BCUT2D eigenvalue weighted by Crippen LogP contribution is -2.21. The van der Waals surface area contributed by atoms with Crippen molar-refractivity contribution in [3.05, 3.63) is 70.8 Å². The van der Waals surface area contributed by atoms with Gasteiger partial charge in [0.15, 0.2) is 0 Å². The van der Waals surface area contributed by atoms with Gasteiger partial charge in [0.05, 0.1) is 12.5 Å². The Morgan fingerprint density at radius 3 is 2.08 bits per heavy atom. The summed E-state index contributed by atoms with van der Waals surface area (Å²) < 4.78 is 5.92. The lowest BCUT2D eigenvalue weighted by molar-refractivity contribution is 0.102. The summed E-state index contributed by atoms with van der Waals surface area (Å²) in [6.45, 7) is 5.88. The van der Waals surface area contributed by atoms with Crippen LogP contribution in [-0.2, 0) is 6.54 Å². The van der Waals surface area contributed by atoms with Crippen molar-refractivity contribution in [2.45, 2.75) is 97.4 Å². The summed E-state index contributed by atoms with van der Waals surface area (Å²) in [6, 6.07) is 15.6. The van der Waals surface area contributed by atoms with Gasteiger partial charge in [-0.25, -0.2) is 0 Å². The molecule has 38 heavy (non-hydrogen) atoms. The lowest BCUT2D eigenvalue weighted by atomic mass is 10.1. The van der Waals surface area contributed by atoms with E-state index in [1.807, 2.05) is 48.5 Å². The van der Waals surface area contributed by atoms with E-state index in [1.54, 1.807) is 11.8 Å². The smallest absolute Gasteiger partial charge is 0.256 e. The molecule has 6 heteroatoms. The molecule has 0 bridgehead atoms. The van der Waals surface area contributed by atoms with E-state index in [1.165, 1.54) is 76.3 Å². The van der Waals surface area contributed by atoms with Crippen LogP contribution in [0.1, 0.15) is 107 Å². The molecule has 0 saturated carbocycles. The van der Waals surface area contributed by atoms with E-state index in [0.29, 0.717) is 0 Å². The van der Waals surface area contributed by atoms with Crippen LogP contribution in [0, 0.1) is 0 Å². The van der Waals surface area contributed by atoms with Gasteiger partial charge in [-0.1, -0.05) is 95.8 Å². The fraction of sp³-hybridized carbons (Fsp3) is 0.531. The molecular weight excluding hydrogens is 556 g/mol. The molecule has 0 radical (unpaired) electrons. The number of hydrogen-bond donors (Lipinski definition) is 1. The molecule has 210 valence electrons. The number of thioether (sulfide) groups is 1. The Bertz CT molecular complexity index is 964. The molecule has 0 unspecified atom stereocenters. The first-order chi connectivity index (χ1) is 18.2. The summed E-state index contributed by atoms with van der Waals surface area (Å²) in [6.07, 6.45) is 16.1. The lowest BCUT2D eigenvalue weighted by Gasteiger charge is -2.21. The molecule has 1 aliphatic rings. The standard InChI is InChI=1S/C32H46N2O2S.BrH/c1-3-4-5-6-7-8-9-10-11-12-13-16-23-36-30-21-19-29(20-22-30)33-32(35)31-18-15-14-17-28(31)24-34-26-37-25-27(34)2;/h14-15,17-22,25H,3-13,16,23-24,26H2,1-2H3,(H,33,35);1H. The van der Waals surface area contributed by atoms with Crippen LogP contribution in [0.3, 0.4) is 0 Å². The van der Waals surface area contributed by atoms with E-state index in [-0.39, 0.29) is 22.9 Å². The third-order valence-electron chi connectivity index (χ3n) is 6.99. The van der Waals surface area contributed by atoms with Gasteiger partial charge >= 0.3 is 0 Å². The number of halogens is 1. The summed E-state index contributed by atoms with van der Waals surface area (Å²) in [5.41, 5.74) is 3.79. The molecule has 1 heterocycles. The highest BCUT2D eigenvalue weighted by atomic mass is 79.9. The largest absolute Gasteiger partial charge is 0.494 e. The molecular formula is C32H47BrN2O2S. The zero-order valence-corrected chi connectivity index (χ0v) is 25.9. The van der Waals surface area contributed by atoms with E-state index in [9.17, 15) is 4.79 Å². The summed E-state index contributed by atoms with van der Waals surface area (Å²) in [7, 11) is 0.